The molecule has 7 rings (SSSR count). The zero-order valence-corrected chi connectivity index (χ0v) is 24.0. The lowest BCUT2D eigenvalue weighted by Gasteiger charge is -2.38. The number of nitrogens with zero attached hydrogens (tertiary/aromatic N) is 6. The second-order valence-electron chi connectivity index (χ2n) is 11.2. The number of hydrogen-bond donors (Lipinski definition) is 1. The van der Waals surface area contributed by atoms with Crippen LogP contribution in [0.4, 0.5) is 5.69 Å². The second-order valence-corrected chi connectivity index (χ2v) is 12.7. The number of thioether (sulfide) groups is 1. The van der Waals surface area contributed by atoms with Gasteiger partial charge in [-0.25, -0.2) is 4.68 Å². The van der Waals surface area contributed by atoms with Gasteiger partial charge in [-0.3, -0.25) is 14.4 Å². The third kappa shape index (κ3) is 3.94. The number of likely N-dealkylation sites (tertiary alicyclic amines) is 1. The molecule has 3 amide bonds. The normalized spacial score (nSPS) is 29.5. The van der Waals surface area contributed by atoms with Gasteiger partial charge in [-0.15, -0.1) is 16.9 Å². The minimum Gasteiger partial charge on any atom is -0.394 e. The van der Waals surface area contributed by atoms with E-state index in [0.29, 0.717) is 19.5 Å². The van der Waals surface area contributed by atoms with E-state index in [-0.39, 0.29) is 36.2 Å². The number of carbonyl (C=O) groups excluding carboxylic acids is 3. The maximum atomic E-state index is 14.6. The lowest BCUT2D eigenvalue weighted by atomic mass is 9.78. The number of amides is 3. The molecule has 0 radical (unpaired) electrons. The van der Waals surface area contributed by atoms with Crippen LogP contribution in [0.5, 0.6) is 0 Å². The van der Waals surface area contributed by atoms with Crippen LogP contribution in [0, 0.1) is 11.8 Å². The average Bonchev–Trinajstić information content (AvgIpc) is 3.56. The largest absolute Gasteiger partial charge is 0.394 e. The highest BCUT2D eigenvalue weighted by molar-refractivity contribution is 8.02. The molecule has 11 heteroatoms. The van der Waals surface area contributed by atoms with Gasteiger partial charge in [-0.05, 0) is 30.7 Å². The van der Waals surface area contributed by atoms with Crippen LogP contribution in [0.25, 0.3) is 11.0 Å². The monoisotopic (exact) mass is 584 g/mol. The Morgan fingerprint density at radius 2 is 1.79 bits per heavy atom. The van der Waals surface area contributed by atoms with E-state index in [0.717, 1.165) is 16.7 Å². The van der Waals surface area contributed by atoms with Crippen molar-refractivity contribution in [2.45, 2.75) is 42.1 Å². The van der Waals surface area contributed by atoms with Gasteiger partial charge in [0.05, 0.1) is 34.7 Å². The van der Waals surface area contributed by atoms with E-state index in [1.807, 2.05) is 85.8 Å². The zero-order chi connectivity index (χ0) is 29.0. The predicted molar refractivity (Wildman–Crippen MR) is 159 cm³/mol. The first kappa shape index (κ1) is 26.9. The molecular weight excluding hydrogens is 552 g/mol. The van der Waals surface area contributed by atoms with Crippen molar-refractivity contribution >= 4 is 46.2 Å². The van der Waals surface area contributed by atoms with Crippen LogP contribution in [-0.4, -0.2) is 89.4 Å². The number of para-hydroxylation sites is 2. The van der Waals surface area contributed by atoms with Gasteiger partial charge in [0, 0.05) is 24.0 Å². The first-order valence-corrected chi connectivity index (χ1v) is 15.2. The maximum Gasteiger partial charge on any atom is 0.248 e. The minimum atomic E-state index is -0.953. The SMILES string of the molecule is CC[C@@H](CO)N1C(=O)[C@@H]2[C@@H]3C(=O)N(c4ccccc4)CC=C[C@@H]3S[C@@]23C=CCN(Cn2nnc4ccccc42)C(=O)C13. The summed E-state index contributed by atoms with van der Waals surface area (Å²) in [5, 5.41) is 18.6. The summed E-state index contributed by atoms with van der Waals surface area (Å²) in [6.07, 6.45) is 8.44. The molecule has 1 N–H and O–H groups in total. The summed E-state index contributed by atoms with van der Waals surface area (Å²) in [6.45, 7) is 2.54. The van der Waals surface area contributed by atoms with Crippen LogP contribution >= 0.6 is 11.8 Å². The minimum absolute atomic E-state index is 0.118. The van der Waals surface area contributed by atoms with E-state index >= 15 is 0 Å². The molecule has 42 heavy (non-hydrogen) atoms. The van der Waals surface area contributed by atoms with Crippen LogP contribution in [-0.2, 0) is 21.1 Å². The van der Waals surface area contributed by atoms with Crippen LogP contribution in [0.2, 0.25) is 0 Å². The number of rotatable bonds is 6. The molecule has 4 aliphatic rings. The Morgan fingerprint density at radius 1 is 1.00 bits per heavy atom. The Bertz CT molecular complexity index is 1600. The lowest BCUT2D eigenvalue weighted by Crippen LogP contribution is -2.56. The fourth-order valence-corrected chi connectivity index (χ4v) is 9.07. The van der Waals surface area contributed by atoms with Crippen LogP contribution in [0.3, 0.4) is 0 Å². The first-order valence-electron chi connectivity index (χ1n) is 14.4. The molecule has 5 heterocycles. The number of aliphatic hydroxyl groups is 1. The Kier molecular flexibility index (Phi) is 6.66. The van der Waals surface area contributed by atoms with E-state index < -0.39 is 28.7 Å². The van der Waals surface area contributed by atoms with Gasteiger partial charge < -0.3 is 19.8 Å². The van der Waals surface area contributed by atoms with Crippen molar-refractivity contribution < 1.29 is 19.5 Å². The predicted octanol–water partition coefficient (Wildman–Crippen LogP) is 2.46. The van der Waals surface area contributed by atoms with Gasteiger partial charge in [-0.1, -0.05) is 66.8 Å². The molecular formula is C31H32N6O4S. The van der Waals surface area contributed by atoms with Gasteiger partial charge in [0.25, 0.3) is 0 Å². The summed E-state index contributed by atoms with van der Waals surface area (Å²) in [5.41, 5.74) is 2.32. The molecule has 0 aliphatic carbocycles. The summed E-state index contributed by atoms with van der Waals surface area (Å²) < 4.78 is 0.738. The summed E-state index contributed by atoms with van der Waals surface area (Å²) in [6, 6.07) is 15.6. The molecule has 2 saturated heterocycles. The molecule has 10 nitrogen and oxygen atoms in total. The lowest BCUT2D eigenvalue weighted by molar-refractivity contribution is -0.146. The molecule has 216 valence electrons. The number of aliphatic hydroxyl groups excluding tert-OH is 1. The molecule has 2 aromatic carbocycles. The van der Waals surface area contributed by atoms with Gasteiger partial charge in [0.1, 0.15) is 18.2 Å². The van der Waals surface area contributed by atoms with E-state index in [9.17, 15) is 19.5 Å². The van der Waals surface area contributed by atoms with E-state index in [1.165, 1.54) is 11.8 Å². The molecule has 1 unspecified atom stereocenters. The summed E-state index contributed by atoms with van der Waals surface area (Å²) in [5.74, 6) is -1.97. The Hall–Kier alpha value is -3.96. The highest BCUT2D eigenvalue weighted by Gasteiger charge is 2.71. The molecule has 2 fully saturated rings. The Labute approximate surface area is 247 Å². The third-order valence-electron chi connectivity index (χ3n) is 9.05. The first-order chi connectivity index (χ1) is 20.5. The fourth-order valence-electron chi connectivity index (χ4n) is 7.08. The van der Waals surface area contributed by atoms with Crippen molar-refractivity contribution in [3.63, 3.8) is 0 Å². The number of benzene rings is 2. The molecule has 1 spiro atoms. The van der Waals surface area contributed by atoms with Crippen molar-refractivity contribution in [3.8, 4) is 0 Å². The van der Waals surface area contributed by atoms with Crippen molar-refractivity contribution in [2.24, 2.45) is 11.8 Å². The standard InChI is InChI=1S/C31H32N6O4S/c1-2-20(18-38)37-27-30(41)34(19-36-23-13-7-6-12-22(23)32-33-36)16-9-15-31(27)26(29(37)40)25-24(42-31)14-8-17-35(28(25)39)21-10-4-3-5-11-21/h3-15,20,24-27,38H,2,16-19H2,1H3/t20-,24-,25+,26-,27?,31-/m0/s1. The maximum absolute atomic E-state index is 14.6. The number of hydrogen-bond acceptors (Lipinski definition) is 7. The van der Waals surface area contributed by atoms with Crippen LogP contribution in [0.15, 0.2) is 78.9 Å². The van der Waals surface area contributed by atoms with E-state index in [1.54, 1.807) is 19.4 Å². The Balaban J connectivity index is 1.30. The van der Waals surface area contributed by atoms with Crippen LogP contribution < -0.4 is 4.90 Å². The summed E-state index contributed by atoms with van der Waals surface area (Å²) in [7, 11) is 0. The number of carbonyl (C=O) groups is 3. The molecule has 3 aromatic rings. The highest BCUT2D eigenvalue weighted by atomic mass is 32.2. The third-order valence-corrected chi connectivity index (χ3v) is 10.8. The van der Waals surface area contributed by atoms with E-state index in [2.05, 4.69) is 10.3 Å². The zero-order valence-electron chi connectivity index (χ0n) is 23.2. The quantitative estimate of drug-likeness (QED) is 0.443. The van der Waals surface area contributed by atoms with Crippen molar-refractivity contribution in [1.29, 1.82) is 0 Å². The molecule has 1 aromatic heterocycles. The molecule has 6 atom stereocenters. The van der Waals surface area contributed by atoms with Crippen molar-refractivity contribution in [2.75, 3.05) is 24.6 Å². The molecule has 0 bridgehead atoms. The molecule has 4 aliphatic heterocycles. The number of fused-ring (bicyclic) bond motifs is 3. The average molecular weight is 585 g/mol. The second kappa shape index (κ2) is 10.4. The fraction of sp³-hybridized carbons (Fsp3) is 0.387. The number of anilines is 1. The van der Waals surface area contributed by atoms with E-state index in [4.69, 9.17) is 0 Å². The summed E-state index contributed by atoms with van der Waals surface area (Å²) in [4.78, 5) is 48.4. The van der Waals surface area contributed by atoms with Gasteiger partial charge in [-0.2, -0.15) is 0 Å². The van der Waals surface area contributed by atoms with Gasteiger partial charge >= 0.3 is 0 Å². The smallest absolute Gasteiger partial charge is 0.248 e. The summed E-state index contributed by atoms with van der Waals surface area (Å²) >= 11 is 1.54. The van der Waals surface area contributed by atoms with Gasteiger partial charge in [0.15, 0.2) is 0 Å². The topological polar surface area (TPSA) is 112 Å². The van der Waals surface area contributed by atoms with Crippen LogP contribution in [0.1, 0.15) is 13.3 Å². The van der Waals surface area contributed by atoms with Crippen molar-refractivity contribution in [1.82, 2.24) is 24.8 Å². The Morgan fingerprint density at radius 3 is 2.57 bits per heavy atom. The van der Waals surface area contributed by atoms with Crippen molar-refractivity contribution in [3.05, 3.63) is 78.9 Å². The van der Waals surface area contributed by atoms with Gasteiger partial charge in [0.2, 0.25) is 17.7 Å². The number of aromatic nitrogens is 3. The highest BCUT2D eigenvalue weighted by Crippen LogP contribution is 2.61. The molecule has 0 saturated carbocycles.